The number of nitrogens with two attached hydrogens (primary N) is 1. The van der Waals surface area contributed by atoms with E-state index in [-0.39, 0.29) is 34.4 Å². The SMILES string of the molecule is CC[C@@H](Nc1c(Nc2cccc(C(=O)N(C)c3ccccn3)c2ON)c(=O)c1=O)c1ccc(C)o1. The number of nitrogens with zero attached hydrogens (tertiary/aromatic N) is 2. The molecule has 180 valence electrons. The number of aryl methyl sites for hydroxylation is 1. The first-order chi connectivity index (χ1) is 16.8. The summed E-state index contributed by atoms with van der Waals surface area (Å²) in [5.74, 6) is 6.95. The van der Waals surface area contributed by atoms with E-state index in [2.05, 4.69) is 15.6 Å². The van der Waals surface area contributed by atoms with Crippen molar-refractivity contribution < 1.29 is 14.0 Å². The van der Waals surface area contributed by atoms with Crippen LogP contribution in [0.4, 0.5) is 22.9 Å². The lowest BCUT2D eigenvalue weighted by Gasteiger charge is -2.22. The molecule has 10 heteroatoms. The van der Waals surface area contributed by atoms with E-state index in [0.717, 1.165) is 5.76 Å². The molecule has 2 heterocycles. The van der Waals surface area contributed by atoms with E-state index in [4.69, 9.17) is 15.2 Å². The van der Waals surface area contributed by atoms with E-state index in [1.165, 1.54) is 4.90 Å². The van der Waals surface area contributed by atoms with Crippen LogP contribution in [0.3, 0.4) is 0 Å². The van der Waals surface area contributed by atoms with E-state index >= 15 is 0 Å². The Hall–Kier alpha value is -4.44. The van der Waals surface area contributed by atoms with Crippen molar-refractivity contribution in [2.75, 3.05) is 22.6 Å². The molecule has 1 amide bonds. The summed E-state index contributed by atoms with van der Waals surface area (Å²) in [6, 6.07) is 13.3. The van der Waals surface area contributed by atoms with Crippen molar-refractivity contribution in [3.05, 3.63) is 92.3 Å². The van der Waals surface area contributed by atoms with Crippen LogP contribution in [0.2, 0.25) is 0 Å². The smallest absolute Gasteiger partial charge is 0.263 e. The minimum Gasteiger partial charge on any atom is -0.464 e. The Labute approximate surface area is 201 Å². The lowest BCUT2D eigenvalue weighted by molar-refractivity contribution is 0.0988. The first-order valence-corrected chi connectivity index (χ1v) is 11.0. The Morgan fingerprint density at radius 3 is 2.51 bits per heavy atom. The van der Waals surface area contributed by atoms with Gasteiger partial charge in [-0.25, -0.2) is 4.98 Å². The lowest BCUT2D eigenvalue weighted by atomic mass is 10.1. The molecule has 1 atom stereocenters. The first kappa shape index (κ1) is 23.7. The topological polar surface area (TPSA) is 140 Å². The zero-order valence-corrected chi connectivity index (χ0v) is 19.5. The van der Waals surface area contributed by atoms with Crippen LogP contribution >= 0.6 is 0 Å². The molecule has 0 bridgehead atoms. The Bertz CT molecular complexity index is 1420. The van der Waals surface area contributed by atoms with Gasteiger partial charge in [0.25, 0.3) is 16.8 Å². The quantitative estimate of drug-likeness (QED) is 0.245. The van der Waals surface area contributed by atoms with E-state index in [1.54, 1.807) is 49.6 Å². The maximum Gasteiger partial charge on any atom is 0.263 e. The number of carbonyl (C=O) groups excluding carboxylic acids is 1. The molecule has 0 aliphatic rings. The van der Waals surface area contributed by atoms with Crippen LogP contribution in [0.1, 0.15) is 41.3 Å². The predicted molar refractivity (Wildman–Crippen MR) is 133 cm³/mol. The molecule has 4 rings (SSSR count). The van der Waals surface area contributed by atoms with Gasteiger partial charge in [0.1, 0.15) is 28.7 Å². The molecule has 4 N–H and O–H groups in total. The number of anilines is 4. The van der Waals surface area contributed by atoms with Crippen LogP contribution in [-0.4, -0.2) is 17.9 Å². The average molecular weight is 476 g/mol. The third kappa shape index (κ3) is 4.51. The van der Waals surface area contributed by atoms with E-state index in [0.29, 0.717) is 18.0 Å². The molecule has 0 aliphatic heterocycles. The van der Waals surface area contributed by atoms with Gasteiger partial charge in [-0.15, -0.1) is 0 Å². The molecular formula is C25H25N5O5. The molecule has 10 nitrogen and oxygen atoms in total. The molecule has 0 unspecified atom stereocenters. The molecular weight excluding hydrogens is 450 g/mol. The second kappa shape index (κ2) is 9.82. The number of amides is 1. The Morgan fingerprint density at radius 2 is 1.89 bits per heavy atom. The van der Waals surface area contributed by atoms with Crippen molar-refractivity contribution in [1.82, 2.24) is 4.98 Å². The Balaban J connectivity index is 1.63. The number of carbonyl (C=O) groups is 1. The van der Waals surface area contributed by atoms with Gasteiger partial charge in [0.05, 0.1) is 17.3 Å². The zero-order valence-electron chi connectivity index (χ0n) is 19.5. The number of pyridine rings is 1. The summed E-state index contributed by atoms with van der Waals surface area (Å²) < 4.78 is 5.67. The molecule has 2 aromatic heterocycles. The summed E-state index contributed by atoms with van der Waals surface area (Å²) in [7, 11) is 1.57. The third-order valence-corrected chi connectivity index (χ3v) is 5.66. The standard InChI is InChI=1S/C25H25N5O5/c1-4-16(18-12-11-14(2)34-18)28-20-21(23(32)22(20)31)29-17-9-7-8-15(24(17)35-26)25(33)30(3)19-10-5-6-13-27-19/h5-13,16,28-29H,4,26H2,1-3H3/t16-/m1/s1. The van der Waals surface area contributed by atoms with Crippen LogP contribution in [0.15, 0.2) is 68.7 Å². The highest BCUT2D eigenvalue weighted by molar-refractivity contribution is 6.08. The molecule has 2 aromatic carbocycles. The molecule has 0 saturated heterocycles. The number of hydrogen-bond donors (Lipinski definition) is 3. The number of aromatic nitrogens is 1. The lowest BCUT2D eigenvalue weighted by Crippen LogP contribution is -2.37. The van der Waals surface area contributed by atoms with Crippen LogP contribution in [-0.2, 0) is 0 Å². The maximum absolute atomic E-state index is 13.1. The van der Waals surface area contributed by atoms with Gasteiger partial charge in [-0.1, -0.05) is 19.1 Å². The minimum atomic E-state index is -0.691. The summed E-state index contributed by atoms with van der Waals surface area (Å²) in [6.07, 6.45) is 2.19. The van der Waals surface area contributed by atoms with Crippen LogP contribution < -0.4 is 37.1 Å². The predicted octanol–water partition coefficient (Wildman–Crippen LogP) is 3.41. The van der Waals surface area contributed by atoms with Gasteiger partial charge in [0.15, 0.2) is 5.75 Å². The number of benzene rings is 1. The van der Waals surface area contributed by atoms with Gasteiger partial charge >= 0.3 is 0 Å². The largest absolute Gasteiger partial charge is 0.464 e. The van der Waals surface area contributed by atoms with Gasteiger partial charge in [-0.05, 0) is 49.7 Å². The Kier molecular flexibility index (Phi) is 6.65. The summed E-state index contributed by atoms with van der Waals surface area (Å²) in [5.41, 5.74) is -0.755. The monoisotopic (exact) mass is 475 g/mol. The van der Waals surface area contributed by atoms with E-state index in [1.807, 2.05) is 26.0 Å². The molecule has 35 heavy (non-hydrogen) atoms. The number of hydrogen-bond acceptors (Lipinski definition) is 9. The fraction of sp³-hybridized carbons (Fsp3) is 0.200. The van der Waals surface area contributed by atoms with Crippen molar-refractivity contribution in [2.45, 2.75) is 26.3 Å². The minimum absolute atomic E-state index is 0.0213. The maximum atomic E-state index is 13.1. The third-order valence-electron chi connectivity index (χ3n) is 5.66. The Morgan fingerprint density at radius 1 is 1.11 bits per heavy atom. The van der Waals surface area contributed by atoms with E-state index in [9.17, 15) is 14.4 Å². The molecule has 4 aromatic rings. The number of nitrogens with one attached hydrogen (secondary N) is 2. The van der Waals surface area contributed by atoms with Gasteiger partial charge in [-0.2, -0.15) is 5.90 Å². The first-order valence-electron chi connectivity index (χ1n) is 11.0. The van der Waals surface area contributed by atoms with Crippen molar-refractivity contribution >= 4 is 28.8 Å². The summed E-state index contributed by atoms with van der Waals surface area (Å²) in [4.78, 5) is 48.5. The highest BCUT2D eigenvalue weighted by Gasteiger charge is 2.27. The second-order valence-electron chi connectivity index (χ2n) is 7.94. The van der Waals surface area contributed by atoms with Crippen LogP contribution in [0, 0.1) is 6.92 Å². The molecule has 0 saturated carbocycles. The zero-order chi connectivity index (χ0) is 25.1. The number of furan rings is 1. The summed E-state index contributed by atoms with van der Waals surface area (Å²) >= 11 is 0. The molecule has 0 aliphatic carbocycles. The van der Waals surface area contributed by atoms with Crippen molar-refractivity contribution in [3.8, 4) is 5.75 Å². The number of para-hydroxylation sites is 1. The average Bonchev–Trinajstić information content (AvgIpc) is 3.33. The van der Waals surface area contributed by atoms with Crippen molar-refractivity contribution in [3.63, 3.8) is 0 Å². The van der Waals surface area contributed by atoms with Crippen molar-refractivity contribution in [1.29, 1.82) is 0 Å². The normalized spacial score (nSPS) is 11.8. The second-order valence-corrected chi connectivity index (χ2v) is 7.94. The molecule has 0 radical (unpaired) electrons. The van der Waals surface area contributed by atoms with Gasteiger partial charge in [0, 0.05) is 13.2 Å². The summed E-state index contributed by atoms with van der Waals surface area (Å²) in [6.45, 7) is 3.76. The highest BCUT2D eigenvalue weighted by atomic mass is 16.6. The van der Waals surface area contributed by atoms with Crippen molar-refractivity contribution in [2.24, 2.45) is 5.90 Å². The highest BCUT2D eigenvalue weighted by Crippen LogP contribution is 2.34. The van der Waals surface area contributed by atoms with E-state index < -0.39 is 16.8 Å². The van der Waals surface area contributed by atoms with Gasteiger partial charge < -0.3 is 19.9 Å². The van der Waals surface area contributed by atoms with Crippen LogP contribution in [0.25, 0.3) is 0 Å². The fourth-order valence-electron chi connectivity index (χ4n) is 3.74. The van der Waals surface area contributed by atoms with Crippen LogP contribution in [0.5, 0.6) is 5.75 Å². The summed E-state index contributed by atoms with van der Waals surface area (Å²) in [5, 5.41) is 6.01. The van der Waals surface area contributed by atoms with Gasteiger partial charge in [-0.3, -0.25) is 19.3 Å². The molecule has 0 spiro atoms. The number of rotatable bonds is 9. The van der Waals surface area contributed by atoms with Gasteiger partial charge in [0.2, 0.25) is 0 Å². The molecule has 0 fully saturated rings. The fourth-order valence-corrected chi connectivity index (χ4v) is 3.74.